The molecule has 0 aliphatic heterocycles. The molecule has 0 aliphatic rings. The van der Waals surface area contributed by atoms with E-state index in [1.807, 2.05) is 0 Å². The maximum atomic E-state index is 2.37. The van der Waals surface area contributed by atoms with Crippen LogP contribution in [0.1, 0.15) is 117 Å². The Morgan fingerprint density at radius 2 is 0.844 bits per heavy atom. The Morgan fingerprint density at radius 1 is 0.469 bits per heavy atom. The minimum atomic E-state index is 1.16. The lowest BCUT2D eigenvalue weighted by molar-refractivity contribution is -0.697. The van der Waals surface area contributed by atoms with Gasteiger partial charge in [0.1, 0.15) is 24.8 Å². The Morgan fingerprint density at radius 3 is 1.28 bits per heavy atom. The summed E-state index contributed by atoms with van der Waals surface area (Å²) in [7, 11) is 0. The Balaban J connectivity index is 1.45. The average Bonchev–Trinajstić information content (AvgIpc) is 3.45. The van der Waals surface area contributed by atoms with Crippen LogP contribution in [-0.2, 0) is 26.2 Å². The molecule has 4 nitrogen and oxygen atoms in total. The fourth-order valence-electron chi connectivity index (χ4n) is 4.50. The lowest BCUT2D eigenvalue weighted by atomic mass is 10.1. The van der Waals surface area contributed by atoms with Crippen molar-refractivity contribution in [1.29, 1.82) is 0 Å². The van der Waals surface area contributed by atoms with Crippen molar-refractivity contribution in [3.63, 3.8) is 0 Å². The first kappa shape index (κ1) is 26.7. The number of unbranched alkanes of at least 4 members (excludes halogenated alkanes) is 13. The van der Waals surface area contributed by atoms with Crippen molar-refractivity contribution < 1.29 is 9.13 Å². The summed E-state index contributed by atoms with van der Waals surface area (Å²) in [5.74, 6) is 0. The zero-order chi connectivity index (χ0) is 22.7. The van der Waals surface area contributed by atoms with E-state index in [0.717, 1.165) is 13.1 Å². The first-order valence-electron chi connectivity index (χ1n) is 13.9. The number of rotatable bonds is 21. The van der Waals surface area contributed by atoms with Crippen molar-refractivity contribution in [2.75, 3.05) is 0 Å². The Hall–Kier alpha value is -1.58. The smallest absolute Gasteiger partial charge is 0.237 e. The Bertz CT molecular complexity index is 614. The van der Waals surface area contributed by atoms with Crippen LogP contribution in [0, 0.1) is 0 Å². The van der Waals surface area contributed by atoms with Gasteiger partial charge in [0.2, 0.25) is 12.7 Å². The van der Waals surface area contributed by atoms with E-state index >= 15 is 0 Å². The Kier molecular flexibility index (Phi) is 14.9. The van der Waals surface area contributed by atoms with Gasteiger partial charge in [0.25, 0.3) is 0 Å². The van der Waals surface area contributed by atoms with E-state index in [-0.39, 0.29) is 0 Å². The number of nitrogens with zero attached hydrogens (tertiary/aromatic N) is 4. The average molecular weight is 445 g/mol. The first-order chi connectivity index (χ1) is 15.8. The molecule has 4 heteroatoms. The van der Waals surface area contributed by atoms with E-state index in [1.54, 1.807) is 0 Å². The van der Waals surface area contributed by atoms with E-state index in [4.69, 9.17) is 0 Å². The van der Waals surface area contributed by atoms with Gasteiger partial charge in [0.15, 0.2) is 0 Å². The van der Waals surface area contributed by atoms with Gasteiger partial charge in [0, 0.05) is 0 Å². The molecule has 0 fully saturated rings. The second kappa shape index (κ2) is 17.9. The fraction of sp³-hybridized carbons (Fsp3) is 0.786. The molecule has 182 valence electrons. The largest absolute Gasteiger partial charge is 0.243 e. The molecular formula is C28H52N4+2. The molecule has 0 saturated carbocycles. The van der Waals surface area contributed by atoms with Crippen LogP contribution in [0.2, 0.25) is 0 Å². The molecule has 0 amide bonds. The van der Waals surface area contributed by atoms with Crippen molar-refractivity contribution >= 4 is 0 Å². The number of aromatic nitrogens is 4. The van der Waals surface area contributed by atoms with Gasteiger partial charge in [-0.25, -0.2) is 18.3 Å². The van der Waals surface area contributed by atoms with Crippen LogP contribution in [-0.4, -0.2) is 9.13 Å². The summed E-state index contributed by atoms with van der Waals surface area (Å²) < 4.78 is 9.47. The second-order valence-corrected chi connectivity index (χ2v) is 9.73. The lowest BCUT2D eigenvalue weighted by Gasteiger charge is -2.00. The summed E-state index contributed by atoms with van der Waals surface area (Å²) in [5, 5.41) is 0. The van der Waals surface area contributed by atoms with Crippen molar-refractivity contribution in [2.24, 2.45) is 0 Å². The molecule has 0 bridgehead atoms. The molecule has 0 spiro atoms. The summed E-state index contributed by atoms with van der Waals surface area (Å²) in [6.45, 7) is 9.24. The van der Waals surface area contributed by atoms with Gasteiger partial charge in [-0.2, -0.15) is 0 Å². The summed E-state index contributed by atoms with van der Waals surface area (Å²) in [6, 6.07) is 0. The van der Waals surface area contributed by atoms with Gasteiger partial charge < -0.3 is 0 Å². The third-order valence-electron chi connectivity index (χ3n) is 6.61. The van der Waals surface area contributed by atoms with Crippen LogP contribution < -0.4 is 9.13 Å². The van der Waals surface area contributed by atoms with Crippen molar-refractivity contribution in [2.45, 2.75) is 143 Å². The standard InChI is InChI=1S/C28H52N4/c1-3-5-7-9-11-15-19-29-23-25-31(27-29)21-17-13-14-18-22-32-26-24-30(28-32)20-16-12-10-8-6-4-2/h23-28H,3-22H2,1-2H3/q+2. The number of aryl methyl sites for hydroxylation is 4. The highest BCUT2D eigenvalue weighted by atomic mass is 15.1. The predicted octanol–water partition coefficient (Wildman–Crippen LogP) is 6.85. The maximum absolute atomic E-state index is 2.37. The zero-order valence-corrected chi connectivity index (χ0v) is 21.4. The molecule has 0 unspecified atom stereocenters. The van der Waals surface area contributed by atoms with Gasteiger partial charge in [0.05, 0.1) is 26.2 Å². The molecule has 0 aromatic carbocycles. The van der Waals surface area contributed by atoms with Gasteiger partial charge in [-0.05, 0) is 51.4 Å². The molecule has 2 rings (SSSR count). The first-order valence-corrected chi connectivity index (χ1v) is 13.9. The summed E-state index contributed by atoms with van der Waals surface area (Å²) >= 11 is 0. The zero-order valence-electron chi connectivity index (χ0n) is 21.4. The van der Waals surface area contributed by atoms with Crippen molar-refractivity contribution in [1.82, 2.24) is 9.13 Å². The molecule has 0 N–H and O–H groups in total. The predicted molar refractivity (Wildman–Crippen MR) is 134 cm³/mol. The van der Waals surface area contributed by atoms with E-state index in [1.165, 1.54) is 116 Å². The minimum absolute atomic E-state index is 1.16. The highest BCUT2D eigenvalue weighted by molar-refractivity contribution is 4.67. The van der Waals surface area contributed by atoms with Crippen LogP contribution in [0.4, 0.5) is 0 Å². The van der Waals surface area contributed by atoms with Gasteiger partial charge in [-0.3, -0.25) is 0 Å². The van der Waals surface area contributed by atoms with Gasteiger partial charge >= 0.3 is 0 Å². The number of imidazole rings is 2. The van der Waals surface area contributed by atoms with Crippen LogP contribution in [0.25, 0.3) is 0 Å². The molecule has 2 aromatic rings. The highest BCUT2D eigenvalue weighted by Crippen LogP contribution is 2.07. The molecular weight excluding hydrogens is 392 g/mol. The highest BCUT2D eigenvalue weighted by Gasteiger charge is 2.05. The van der Waals surface area contributed by atoms with Gasteiger partial charge in [-0.15, -0.1) is 0 Å². The molecule has 0 radical (unpaired) electrons. The van der Waals surface area contributed by atoms with E-state index in [0.29, 0.717) is 0 Å². The van der Waals surface area contributed by atoms with Crippen molar-refractivity contribution in [3.8, 4) is 0 Å². The molecule has 32 heavy (non-hydrogen) atoms. The Labute approximate surface area is 198 Å². The van der Waals surface area contributed by atoms with Crippen LogP contribution in [0.5, 0.6) is 0 Å². The normalized spacial score (nSPS) is 11.4. The molecule has 0 atom stereocenters. The van der Waals surface area contributed by atoms with Crippen molar-refractivity contribution in [3.05, 3.63) is 37.4 Å². The molecule has 0 saturated heterocycles. The topological polar surface area (TPSA) is 17.6 Å². The maximum Gasteiger partial charge on any atom is 0.243 e. The quantitative estimate of drug-likeness (QED) is 0.148. The molecule has 2 aromatic heterocycles. The van der Waals surface area contributed by atoms with E-state index < -0.39 is 0 Å². The van der Waals surface area contributed by atoms with E-state index in [9.17, 15) is 0 Å². The monoisotopic (exact) mass is 444 g/mol. The van der Waals surface area contributed by atoms with Crippen LogP contribution in [0.3, 0.4) is 0 Å². The SMILES string of the molecule is CCCCCCCC[n+]1ccn(CCCCCCn2cc[n+](CCCCCCCC)c2)c1. The third kappa shape index (κ3) is 12.5. The molecule has 2 heterocycles. The summed E-state index contributed by atoms with van der Waals surface area (Å²) in [6.07, 6.45) is 35.3. The van der Waals surface area contributed by atoms with Crippen LogP contribution in [0.15, 0.2) is 37.4 Å². The lowest BCUT2D eigenvalue weighted by Crippen LogP contribution is -2.30. The minimum Gasteiger partial charge on any atom is -0.237 e. The second-order valence-electron chi connectivity index (χ2n) is 9.73. The fourth-order valence-corrected chi connectivity index (χ4v) is 4.50. The summed E-state index contributed by atoms with van der Waals surface area (Å²) in [5.41, 5.74) is 0. The third-order valence-corrected chi connectivity index (χ3v) is 6.61. The number of hydrogen-bond donors (Lipinski definition) is 0. The van der Waals surface area contributed by atoms with E-state index in [2.05, 4.69) is 69.6 Å². The number of hydrogen-bond acceptors (Lipinski definition) is 0. The molecule has 0 aliphatic carbocycles. The van der Waals surface area contributed by atoms with Crippen LogP contribution >= 0.6 is 0 Å². The summed E-state index contributed by atoms with van der Waals surface area (Å²) in [4.78, 5) is 0. The van der Waals surface area contributed by atoms with Gasteiger partial charge in [-0.1, -0.05) is 65.2 Å².